The maximum Gasteiger partial charge on any atom is 0.264 e. The van der Waals surface area contributed by atoms with Crippen molar-refractivity contribution >= 4 is 12.7 Å². The Bertz CT molecular complexity index is 554. The molecule has 0 spiro atoms. The molecule has 0 heterocycles. The molecule has 0 aliphatic rings. The molecule has 19 heavy (non-hydrogen) atoms. The normalized spacial score (nSPS) is 15.7. The molecule has 1 unspecified atom stereocenters. The number of aliphatic hydroxyl groups excluding tert-OH is 1. The molecule has 0 saturated heterocycles. The molecule has 0 amide bonds. The predicted molar refractivity (Wildman–Crippen MR) is 76.7 cm³/mol. The third-order valence-electron chi connectivity index (χ3n) is 2.86. The maximum absolute atomic E-state index is 13.0. The molecule has 3 nitrogen and oxygen atoms in total. The number of rotatable bonds is 5. The molecule has 2 atom stereocenters. The summed E-state index contributed by atoms with van der Waals surface area (Å²) in [7, 11) is -3.33. The van der Waals surface area contributed by atoms with Crippen LogP contribution in [-0.2, 0) is 9.09 Å². The molecular weight excluding hydrogens is 259 g/mol. The van der Waals surface area contributed by atoms with Gasteiger partial charge in [-0.3, -0.25) is 4.57 Å². The Morgan fingerprint density at radius 2 is 1.58 bits per heavy atom. The van der Waals surface area contributed by atoms with Gasteiger partial charge in [0.25, 0.3) is 7.37 Å². The van der Waals surface area contributed by atoms with Gasteiger partial charge in [0.1, 0.15) is 0 Å². The Morgan fingerprint density at radius 3 is 2.11 bits per heavy atom. The lowest BCUT2D eigenvalue weighted by Gasteiger charge is -2.23. The predicted octanol–water partition coefficient (Wildman–Crippen LogP) is 3.32. The van der Waals surface area contributed by atoms with Crippen molar-refractivity contribution in [3.63, 3.8) is 0 Å². The van der Waals surface area contributed by atoms with Crippen LogP contribution in [0.4, 0.5) is 0 Å². The molecule has 0 radical (unpaired) electrons. The van der Waals surface area contributed by atoms with Gasteiger partial charge in [-0.15, -0.1) is 0 Å². The molecule has 1 N–H and O–H groups in total. The molecule has 0 fully saturated rings. The van der Waals surface area contributed by atoms with Crippen LogP contribution in [0.15, 0.2) is 60.7 Å². The molecule has 2 aromatic rings. The molecule has 0 aliphatic heterocycles. The van der Waals surface area contributed by atoms with E-state index < -0.39 is 13.2 Å². The summed E-state index contributed by atoms with van der Waals surface area (Å²) in [6.07, 6.45) is 0. The maximum atomic E-state index is 13.0. The summed E-state index contributed by atoms with van der Waals surface area (Å²) in [6, 6.07) is 17.8. The highest BCUT2D eigenvalue weighted by Crippen LogP contribution is 2.57. The minimum atomic E-state index is -3.33. The molecule has 2 aromatic carbocycles. The first-order valence-corrected chi connectivity index (χ1v) is 7.90. The van der Waals surface area contributed by atoms with Gasteiger partial charge >= 0.3 is 0 Å². The average molecular weight is 276 g/mol. The van der Waals surface area contributed by atoms with Crippen molar-refractivity contribution < 1.29 is 14.2 Å². The van der Waals surface area contributed by atoms with E-state index in [4.69, 9.17) is 4.52 Å². The topological polar surface area (TPSA) is 46.5 Å². The van der Waals surface area contributed by atoms with E-state index in [9.17, 15) is 9.67 Å². The van der Waals surface area contributed by atoms with Crippen LogP contribution >= 0.6 is 7.37 Å². The molecule has 0 saturated carbocycles. The molecule has 0 bridgehead atoms. The van der Waals surface area contributed by atoms with Gasteiger partial charge in [-0.05, 0) is 24.6 Å². The van der Waals surface area contributed by atoms with Crippen molar-refractivity contribution in [1.29, 1.82) is 0 Å². The van der Waals surface area contributed by atoms with E-state index in [1.165, 1.54) is 0 Å². The van der Waals surface area contributed by atoms with Crippen molar-refractivity contribution in [1.82, 2.24) is 0 Å². The van der Waals surface area contributed by atoms with Gasteiger partial charge in [0, 0.05) is 5.30 Å². The second-order valence-electron chi connectivity index (χ2n) is 4.13. The van der Waals surface area contributed by atoms with Gasteiger partial charge in [0.05, 0.1) is 6.61 Å². The molecule has 2 rings (SSSR count). The lowest BCUT2D eigenvalue weighted by molar-refractivity contribution is 0.218. The summed E-state index contributed by atoms with van der Waals surface area (Å²) in [5.74, 6) is -1.14. The van der Waals surface area contributed by atoms with Gasteiger partial charge in [0.2, 0.25) is 0 Å². The van der Waals surface area contributed by atoms with Crippen molar-refractivity contribution in [3.05, 3.63) is 66.2 Å². The quantitative estimate of drug-likeness (QED) is 0.852. The lowest BCUT2D eigenvalue weighted by Crippen LogP contribution is -2.14. The van der Waals surface area contributed by atoms with Crippen molar-refractivity contribution in [2.45, 2.75) is 12.8 Å². The lowest BCUT2D eigenvalue weighted by atomic mass is 10.2. The Morgan fingerprint density at radius 1 is 1.05 bits per heavy atom. The van der Waals surface area contributed by atoms with Gasteiger partial charge in [-0.2, -0.15) is 0 Å². The minimum absolute atomic E-state index is 0.288. The van der Waals surface area contributed by atoms with E-state index in [1.807, 2.05) is 12.1 Å². The van der Waals surface area contributed by atoms with Gasteiger partial charge < -0.3 is 9.63 Å². The van der Waals surface area contributed by atoms with Gasteiger partial charge in [-0.25, -0.2) is 0 Å². The molecule has 100 valence electrons. The Balaban J connectivity index is 2.43. The fourth-order valence-corrected chi connectivity index (χ4v) is 4.04. The van der Waals surface area contributed by atoms with Gasteiger partial charge in [0.15, 0.2) is 5.85 Å². The van der Waals surface area contributed by atoms with Crippen LogP contribution in [0.25, 0.3) is 0 Å². The average Bonchev–Trinajstić information content (AvgIpc) is 2.48. The fraction of sp³-hybridized carbons (Fsp3) is 0.200. The number of aliphatic hydroxyl groups is 1. The summed E-state index contributed by atoms with van der Waals surface area (Å²) in [5.41, 5.74) is 0.600. The van der Waals surface area contributed by atoms with Crippen molar-refractivity contribution in [2.75, 3.05) is 6.61 Å². The van der Waals surface area contributed by atoms with Crippen LogP contribution in [0, 0.1) is 0 Å². The number of benzene rings is 2. The molecular formula is C15H17O3P. The van der Waals surface area contributed by atoms with Crippen LogP contribution in [0.5, 0.6) is 0 Å². The third-order valence-corrected chi connectivity index (χ3v) is 5.46. The van der Waals surface area contributed by atoms with Gasteiger partial charge in [-0.1, -0.05) is 48.5 Å². The minimum Gasteiger partial charge on any atom is -0.378 e. The summed E-state index contributed by atoms with van der Waals surface area (Å²) >= 11 is 0. The summed E-state index contributed by atoms with van der Waals surface area (Å²) in [4.78, 5) is 0. The monoisotopic (exact) mass is 276 g/mol. The first kappa shape index (κ1) is 14.0. The second-order valence-corrected chi connectivity index (χ2v) is 6.59. The highest BCUT2D eigenvalue weighted by Gasteiger charge is 2.35. The van der Waals surface area contributed by atoms with E-state index in [0.717, 1.165) is 0 Å². The van der Waals surface area contributed by atoms with E-state index in [-0.39, 0.29) is 6.61 Å². The first-order valence-electron chi connectivity index (χ1n) is 6.21. The van der Waals surface area contributed by atoms with Crippen LogP contribution in [-0.4, -0.2) is 11.7 Å². The highest BCUT2D eigenvalue weighted by atomic mass is 31.2. The van der Waals surface area contributed by atoms with E-state index in [0.29, 0.717) is 10.9 Å². The fourth-order valence-electron chi connectivity index (χ4n) is 1.94. The third kappa shape index (κ3) is 2.95. The van der Waals surface area contributed by atoms with Crippen LogP contribution in [0.1, 0.15) is 18.3 Å². The van der Waals surface area contributed by atoms with Crippen LogP contribution < -0.4 is 5.30 Å². The second kappa shape index (κ2) is 6.16. The number of hydrogen-bond acceptors (Lipinski definition) is 3. The highest BCUT2D eigenvalue weighted by molar-refractivity contribution is 7.67. The van der Waals surface area contributed by atoms with E-state index >= 15 is 0 Å². The Kier molecular flexibility index (Phi) is 4.54. The van der Waals surface area contributed by atoms with Crippen LogP contribution in [0.3, 0.4) is 0 Å². The summed E-state index contributed by atoms with van der Waals surface area (Å²) < 4.78 is 18.5. The zero-order valence-corrected chi connectivity index (χ0v) is 11.7. The van der Waals surface area contributed by atoms with Crippen LogP contribution in [0.2, 0.25) is 0 Å². The van der Waals surface area contributed by atoms with E-state index in [2.05, 4.69) is 0 Å². The first-order chi connectivity index (χ1) is 9.18. The zero-order valence-electron chi connectivity index (χ0n) is 10.8. The SMILES string of the molecule is CCOP(=O)(c1ccccc1)[C@H](O)c1ccccc1. The summed E-state index contributed by atoms with van der Waals surface area (Å²) in [6.45, 7) is 2.06. The van der Waals surface area contributed by atoms with Crippen molar-refractivity contribution in [2.24, 2.45) is 0 Å². The van der Waals surface area contributed by atoms with E-state index in [1.54, 1.807) is 55.5 Å². The molecule has 0 aromatic heterocycles. The summed E-state index contributed by atoms with van der Waals surface area (Å²) in [5, 5.41) is 11.0. The largest absolute Gasteiger partial charge is 0.378 e. The standard InChI is InChI=1S/C15H17O3P/c1-2-18-19(17,14-11-7-4-8-12-14)15(16)13-9-5-3-6-10-13/h3-12,15-16H,2H2,1H3/t15-,19?/m0/s1. The molecule has 0 aliphatic carbocycles. The molecule has 4 heteroatoms. The Labute approximate surface area is 113 Å². The number of hydrogen-bond donors (Lipinski definition) is 1. The smallest absolute Gasteiger partial charge is 0.264 e. The Hall–Kier alpha value is -1.41. The zero-order chi connectivity index (χ0) is 13.7. The van der Waals surface area contributed by atoms with Crippen molar-refractivity contribution in [3.8, 4) is 0 Å².